The maximum absolute atomic E-state index is 11.9. The third-order valence-electron chi connectivity index (χ3n) is 3.00. The zero-order valence-electron chi connectivity index (χ0n) is 10.9. The molecule has 0 aliphatic rings. The quantitative estimate of drug-likeness (QED) is 0.724. The molecule has 0 aliphatic heterocycles. The summed E-state index contributed by atoms with van der Waals surface area (Å²) in [4.78, 5) is 19.1. The number of nitrogens with one attached hydrogen (secondary N) is 1. The fraction of sp³-hybridized carbons (Fsp3) is 0.231. The minimum atomic E-state index is -0.174. The van der Waals surface area contributed by atoms with Crippen LogP contribution in [0.2, 0.25) is 0 Å². The molecule has 0 saturated heterocycles. The van der Waals surface area contributed by atoms with Crippen molar-refractivity contribution >= 4 is 10.9 Å². The number of para-hydroxylation sites is 1. The fourth-order valence-corrected chi connectivity index (χ4v) is 1.96. The number of H-pyrrole nitrogens is 1. The van der Waals surface area contributed by atoms with Crippen LogP contribution in [0.25, 0.3) is 10.9 Å². The van der Waals surface area contributed by atoms with Crippen molar-refractivity contribution in [1.29, 1.82) is 0 Å². The van der Waals surface area contributed by atoms with Crippen molar-refractivity contribution < 1.29 is 0 Å². The van der Waals surface area contributed by atoms with E-state index in [9.17, 15) is 4.79 Å². The summed E-state index contributed by atoms with van der Waals surface area (Å²) in [6.45, 7) is 2.18. The molecule has 3 rings (SSSR count). The van der Waals surface area contributed by atoms with Crippen LogP contribution in [0, 0.1) is 0 Å². The SMILES string of the molecule is CC(N)c1cn(Cc2nc3ccccc3c(=O)[nH]2)nn1. The summed E-state index contributed by atoms with van der Waals surface area (Å²) in [6.07, 6.45) is 1.75. The van der Waals surface area contributed by atoms with Crippen LogP contribution in [-0.2, 0) is 6.54 Å². The van der Waals surface area contributed by atoms with Gasteiger partial charge in [-0.15, -0.1) is 5.10 Å². The minimum Gasteiger partial charge on any atom is -0.323 e. The standard InChI is InChI=1S/C13H14N6O/c1-8(14)11-6-19(18-17-11)7-12-15-10-5-3-2-4-9(10)13(20)16-12/h2-6,8H,7,14H2,1H3,(H,15,16,20). The molecule has 3 aromatic rings. The van der Waals surface area contributed by atoms with Gasteiger partial charge in [-0.25, -0.2) is 9.67 Å². The van der Waals surface area contributed by atoms with Crippen LogP contribution in [0.3, 0.4) is 0 Å². The Morgan fingerprint density at radius 3 is 2.95 bits per heavy atom. The number of aromatic amines is 1. The second-order valence-electron chi connectivity index (χ2n) is 4.66. The van der Waals surface area contributed by atoms with E-state index in [1.165, 1.54) is 0 Å². The third kappa shape index (κ3) is 2.30. The smallest absolute Gasteiger partial charge is 0.258 e. The van der Waals surface area contributed by atoms with Gasteiger partial charge in [0.1, 0.15) is 12.4 Å². The Morgan fingerprint density at radius 2 is 2.20 bits per heavy atom. The van der Waals surface area contributed by atoms with Gasteiger partial charge >= 0.3 is 0 Å². The van der Waals surface area contributed by atoms with Gasteiger partial charge in [0, 0.05) is 6.04 Å². The zero-order valence-corrected chi connectivity index (χ0v) is 10.9. The highest BCUT2D eigenvalue weighted by atomic mass is 16.1. The van der Waals surface area contributed by atoms with Crippen LogP contribution in [0.5, 0.6) is 0 Å². The topological polar surface area (TPSA) is 102 Å². The molecule has 0 amide bonds. The lowest BCUT2D eigenvalue weighted by atomic mass is 10.2. The Bertz CT molecular complexity index is 804. The second kappa shape index (κ2) is 4.86. The molecule has 3 N–H and O–H groups in total. The van der Waals surface area contributed by atoms with Gasteiger partial charge in [-0.05, 0) is 19.1 Å². The van der Waals surface area contributed by atoms with E-state index in [0.29, 0.717) is 29.0 Å². The summed E-state index contributed by atoms with van der Waals surface area (Å²) in [5.74, 6) is 0.537. The Morgan fingerprint density at radius 1 is 1.40 bits per heavy atom. The molecule has 1 unspecified atom stereocenters. The predicted molar refractivity (Wildman–Crippen MR) is 74.1 cm³/mol. The van der Waals surface area contributed by atoms with Crippen LogP contribution in [-0.4, -0.2) is 25.0 Å². The number of fused-ring (bicyclic) bond motifs is 1. The Hall–Kier alpha value is -2.54. The van der Waals surface area contributed by atoms with E-state index in [2.05, 4.69) is 20.3 Å². The van der Waals surface area contributed by atoms with Crippen molar-refractivity contribution in [2.45, 2.75) is 19.5 Å². The molecule has 1 aromatic carbocycles. The summed E-state index contributed by atoms with van der Waals surface area (Å²) < 4.78 is 1.60. The monoisotopic (exact) mass is 270 g/mol. The zero-order chi connectivity index (χ0) is 14.1. The van der Waals surface area contributed by atoms with E-state index >= 15 is 0 Å². The Labute approximate surface area is 114 Å². The minimum absolute atomic E-state index is 0.155. The molecule has 2 aromatic heterocycles. The summed E-state index contributed by atoms with van der Waals surface area (Å²) >= 11 is 0. The molecule has 0 saturated carbocycles. The molecule has 0 aliphatic carbocycles. The molecule has 0 spiro atoms. The first-order valence-corrected chi connectivity index (χ1v) is 6.27. The van der Waals surface area contributed by atoms with Gasteiger partial charge in [0.05, 0.1) is 22.8 Å². The van der Waals surface area contributed by atoms with E-state index in [0.717, 1.165) is 0 Å². The second-order valence-corrected chi connectivity index (χ2v) is 4.66. The summed E-state index contributed by atoms with van der Waals surface area (Å²) in [5, 5.41) is 8.51. The van der Waals surface area contributed by atoms with E-state index in [-0.39, 0.29) is 11.6 Å². The highest BCUT2D eigenvalue weighted by Gasteiger charge is 2.08. The number of hydrogen-bond donors (Lipinski definition) is 2. The molecule has 7 heteroatoms. The molecule has 2 heterocycles. The number of benzene rings is 1. The number of nitrogens with zero attached hydrogens (tertiary/aromatic N) is 4. The fourth-order valence-electron chi connectivity index (χ4n) is 1.96. The van der Waals surface area contributed by atoms with Gasteiger partial charge in [-0.3, -0.25) is 4.79 Å². The number of nitrogens with two attached hydrogens (primary N) is 1. The molecule has 20 heavy (non-hydrogen) atoms. The van der Waals surface area contributed by atoms with Crippen molar-refractivity contribution in [2.75, 3.05) is 0 Å². The van der Waals surface area contributed by atoms with Crippen LogP contribution in [0.15, 0.2) is 35.3 Å². The van der Waals surface area contributed by atoms with Gasteiger partial charge in [0.2, 0.25) is 0 Å². The highest BCUT2D eigenvalue weighted by Crippen LogP contribution is 2.07. The van der Waals surface area contributed by atoms with Gasteiger partial charge in [-0.2, -0.15) is 0 Å². The van der Waals surface area contributed by atoms with Crippen LogP contribution in [0.4, 0.5) is 0 Å². The maximum atomic E-state index is 11.9. The van der Waals surface area contributed by atoms with Crippen molar-refractivity contribution in [1.82, 2.24) is 25.0 Å². The Balaban J connectivity index is 1.96. The van der Waals surface area contributed by atoms with Crippen LogP contribution < -0.4 is 11.3 Å². The maximum Gasteiger partial charge on any atom is 0.258 e. The van der Waals surface area contributed by atoms with Crippen molar-refractivity contribution in [3.05, 3.63) is 52.3 Å². The number of hydrogen-bond acceptors (Lipinski definition) is 5. The average molecular weight is 270 g/mol. The van der Waals surface area contributed by atoms with E-state index in [4.69, 9.17) is 5.73 Å². The molecule has 0 radical (unpaired) electrons. The van der Waals surface area contributed by atoms with Crippen LogP contribution >= 0.6 is 0 Å². The molecular formula is C13H14N6O. The Kier molecular flexibility index (Phi) is 3.03. The van der Waals surface area contributed by atoms with E-state index in [1.54, 1.807) is 16.9 Å². The van der Waals surface area contributed by atoms with Crippen LogP contribution in [0.1, 0.15) is 24.5 Å². The van der Waals surface area contributed by atoms with Crippen molar-refractivity contribution in [3.63, 3.8) is 0 Å². The summed E-state index contributed by atoms with van der Waals surface area (Å²) in [7, 11) is 0. The van der Waals surface area contributed by atoms with Gasteiger partial charge < -0.3 is 10.7 Å². The third-order valence-corrected chi connectivity index (χ3v) is 3.00. The van der Waals surface area contributed by atoms with Gasteiger partial charge in [-0.1, -0.05) is 17.3 Å². The number of rotatable bonds is 3. The summed E-state index contributed by atoms with van der Waals surface area (Å²) in [5.41, 5.74) is 6.94. The predicted octanol–water partition coefficient (Wildman–Crippen LogP) is 0.583. The molecule has 102 valence electrons. The van der Waals surface area contributed by atoms with Gasteiger partial charge in [0.15, 0.2) is 0 Å². The number of aromatic nitrogens is 5. The first-order chi connectivity index (χ1) is 9.63. The van der Waals surface area contributed by atoms with Crippen molar-refractivity contribution in [2.24, 2.45) is 5.73 Å². The largest absolute Gasteiger partial charge is 0.323 e. The van der Waals surface area contributed by atoms with Crippen molar-refractivity contribution in [3.8, 4) is 0 Å². The molecule has 7 nitrogen and oxygen atoms in total. The summed E-state index contributed by atoms with van der Waals surface area (Å²) in [6, 6.07) is 7.04. The average Bonchev–Trinajstić information content (AvgIpc) is 2.87. The molecular weight excluding hydrogens is 256 g/mol. The highest BCUT2D eigenvalue weighted by molar-refractivity contribution is 5.77. The molecule has 0 bridgehead atoms. The first kappa shape index (κ1) is 12.5. The normalized spacial score (nSPS) is 12.7. The molecule has 1 atom stereocenters. The van der Waals surface area contributed by atoms with E-state index < -0.39 is 0 Å². The lowest BCUT2D eigenvalue weighted by molar-refractivity contribution is 0.624. The molecule has 0 fully saturated rings. The lowest BCUT2D eigenvalue weighted by Gasteiger charge is -2.02. The van der Waals surface area contributed by atoms with Gasteiger partial charge in [0.25, 0.3) is 5.56 Å². The van der Waals surface area contributed by atoms with E-state index in [1.807, 2.05) is 25.1 Å². The lowest BCUT2D eigenvalue weighted by Crippen LogP contribution is -2.14. The first-order valence-electron chi connectivity index (χ1n) is 6.27.